The molecule has 0 bridgehead atoms. The van der Waals surface area contributed by atoms with Crippen molar-refractivity contribution in [3.05, 3.63) is 0 Å². The number of amides is 2. The van der Waals surface area contributed by atoms with Crippen LogP contribution < -0.4 is 16.0 Å². The molecule has 16 heavy (non-hydrogen) atoms. The van der Waals surface area contributed by atoms with E-state index in [2.05, 4.69) is 16.0 Å². The van der Waals surface area contributed by atoms with Gasteiger partial charge in [-0.05, 0) is 25.8 Å². The summed E-state index contributed by atoms with van der Waals surface area (Å²) in [5.41, 5.74) is 0. The first-order valence-electron chi connectivity index (χ1n) is 6.06. The number of carbonyl (C=O) groups is 2. The molecule has 5 nitrogen and oxygen atoms in total. The van der Waals surface area contributed by atoms with Gasteiger partial charge in [-0.25, -0.2) is 0 Å². The summed E-state index contributed by atoms with van der Waals surface area (Å²) < 4.78 is 0. The van der Waals surface area contributed by atoms with Crippen LogP contribution in [-0.4, -0.2) is 37.0 Å². The van der Waals surface area contributed by atoms with Gasteiger partial charge in [-0.1, -0.05) is 6.42 Å². The monoisotopic (exact) mass is 225 g/mol. The Hall–Kier alpha value is -1.10. The van der Waals surface area contributed by atoms with Crippen LogP contribution in [0.4, 0.5) is 0 Å². The smallest absolute Gasteiger partial charge is 0.242 e. The predicted octanol–water partition coefficient (Wildman–Crippen LogP) is -0.477. The largest absolute Gasteiger partial charge is 0.350 e. The van der Waals surface area contributed by atoms with Gasteiger partial charge in [-0.3, -0.25) is 9.59 Å². The molecule has 3 N–H and O–H groups in total. The molecular weight excluding hydrogens is 206 g/mol. The molecule has 2 saturated heterocycles. The fraction of sp³-hybridized carbons (Fsp3) is 0.818. The first-order chi connectivity index (χ1) is 7.75. The maximum Gasteiger partial charge on any atom is 0.242 e. The summed E-state index contributed by atoms with van der Waals surface area (Å²) in [7, 11) is 0. The molecule has 5 heteroatoms. The lowest BCUT2D eigenvalue weighted by Crippen LogP contribution is -2.48. The fourth-order valence-corrected chi connectivity index (χ4v) is 2.25. The van der Waals surface area contributed by atoms with Gasteiger partial charge in [-0.15, -0.1) is 0 Å². The molecule has 2 aliphatic rings. The Bertz CT molecular complexity index is 272. The van der Waals surface area contributed by atoms with Crippen LogP contribution in [0, 0.1) is 0 Å². The molecule has 90 valence electrons. The highest BCUT2D eigenvalue weighted by molar-refractivity contribution is 5.90. The van der Waals surface area contributed by atoms with Gasteiger partial charge in [0.25, 0.3) is 0 Å². The van der Waals surface area contributed by atoms with Crippen molar-refractivity contribution in [1.82, 2.24) is 16.0 Å². The summed E-state index contributed by atoms with van der Waals surface area (Å²) in [6, 6.07) is -0.0942. The maximum absolute atomic E-state index is 11.8. The quantitative estimate of drug-likeness (QED) is 0.594. The zero-order valence-corrected chi connectivity index (χ0v) is 9.42. The molecule has 0 aromatic rings. The summed E-state index contributed by atoms with van der Waals surface area (Å²) in [4.78, 5) is 22.8. The van der Waals surface area contributed by atoms with Gasteiger partial charge in [0.2, 0.25) is 11.8 Å². The van der Waals surface area contributed by atoms with Gasteiger partial charge < -0.3 is 16.0 Å². The van der Waals surface area contributed by atoms with Crippen molar-refractivity contribution in [2.75, 3.05) is 13.1 Å². The van der Waals surface area contributed by atoms with E-state index in [1.807, 2.05) is 0 Å². The lowest BCUT2D eigenvalue weighted by molar-refractivity contribution is -0.126. The molecule has 0 spiro atoms. The number of carbonyl (C=O) groups excluding carboxylic acids is 2. The van der Waals surface area contributed by atoms with Gasteiger partial charge in [0, 0.05) is 19.0 Å². The van der Waals surface area contributed by atoms with Crippen LogP contribution >= 0.6 is 0 Å². The van der Waals surface area contributed by atoms with E-state index in [1.54, 1.807) is 0 Å². The molecule has 0 aromatic carbocycles. The Kier molecular flexibility index (Phi) is 3.77. The van der Waals surface area contributed by atoms with Crippen molar-refractivity contribution in [3.63, 3.8) is 0 Å². The van der Waals surface area contributed by atoms with Gasteiger partial charge >= 0.3 is 0 Å². The second-order valence-corrected chi connectivity index (χ2v) is 4.56. The van der Waals surface area contributed by atoms with Crippen molar-refractivity contribution < 1.29 is 9.59 Å². The summed E-state index contributed by atoms with van der Waals surface area (Å²) in [5.74, 6) is -0.0429. The molecular formula is C11H19N3O2. The predicted molar refractivity (Wildman–Crippen MR) is 59.8 cm³/mol. The highest BCUT2D eigenvalue weighted by Crippen LogP contribution is 2.08. The highest BCUT2D eigenvalue weighted by Gasteiger charge is 2.28. The summed E-state index contributed by atoms with van der Waals surface area (Å²) >= 11 is 0. The molecule has 2 amide bonds. The van der Waals surface area contributed by atoms with E-state index in [0.717, 1.165) is 25.9 Å². The highest BCUT2D eigenvalue weighted by atomic mass is 16.2. The normalized spacial score (nSPS) is 30.6. The third-order valence-electron chi connectivity index (χ3n) is 3.21. The summed E-state index contributed by atoms with van der Waals surface area (Å²) in [6.45, 7) is 1.87. The van der Waals surface area contributed by atoms with Crippen LogP contribution in [0.3, 0.4) is 0 Å². The molecule has 0 aliphatic carbocycles. The molecule has 2 rings (SSSR count). The number of hydrogen-bond donors (Lipinski definition) is 3. The van der Waals surface area contributed by atoms with Crippen LogP contribution in [0.1, 0.15) is 32.1 Å². The van der Waals surface area contributed by atoms with Crippen LogP contribution in [0.25, 0.3) is 0 Å². The van der Waals surface area contributed by atoms with Crippen LogP contribution in [-0.2, 0) is 9.59 Å². The number of hydrogen-bond acceptors (Lipinski definition) is 3. The zero-order valence-electron chi connectivity index (χ0n) is 9.42. The van der Waals surface area contributed by atoms with E-state index < -0.39 is 0 Å². The number of nitrogens with one attached hydrogen (secondary N) is 3. The first kappa shape index (κ1) is 11.4. The first-order valence-corrected chi connectivity index (χ1v) is 6.06. The van der Waals surface area contributed by atoms with E-state index >= 15 is 0 Å². The fourth-order valence-electron chi connectivity index (χ4n) is 2.25. The van der Waals surface area contributed by atoms with E-state index in [9.17, 15) is 9.59 Å². The molecule has 2 atom stereocenters. The molecule has 2 aliphatic heterocycles. The zero-order chi connectivity index (χ0) is 11.4. The minimum atomic E-state index is -0.309. The standard InChI is InChI=1S/C11H19N3O2/c15-10-5-4-9(14-10)11(16)13-8-3-1-2-6-12-7-8/h8-9,12H,1-7H2,(H,13,16)(H,14,15)/t8?,9-/m1/s1. The van der Waals surface area contributed by atoms with E-state index in [0.29, 0.717) is 12.8 Å². The Balaban J connectivity index is 1.79. The molecule has 0 radical (unpaired) electrons. The van der Waals surface area contributed by atoms with Gasteiger partial charge in [-0.2, -0.15) is 0 Å². The topological polar surface area (TPSA) is 70.2 Å². The van der Waals surface area contributed by atoms with E-state index in [-0.39, 0.29) is 23.9 Å². The van der Waals surface area contributed by atoms with Gasteiger partial charge in [0.05, 0.1) is 0 Å². The average Bonchev–Trinajstić information content (AvgIpc) is 2.54. The van der Waals surface area contributed by atoms with E-state index in [1.165, 1.54) is 6.42 Å². The number of rotatable bonds is 2. The van der Waals surface area contributed by atoms with Crippen molar-refractivity contribution in [1.29, 1.82) is 0 Å². The van der Waals surface area contributed by atoms with Gasteiger partial charge in [0.15, 0.2) is 0 Å². The Morgan fingerprint density at radius 3 is 2.94 bits per heavy atom. The van der Waals surface area contributed by atoms with Crippen molar-refractivity contribution >= 4 is 11.8 Å². The third kappa shape index (κ3) is 2.95. The van der Waals surface area contributed by atoms with Crippen LogP contribution in [0.2, 0.25) is 0 Å². The molecule has 2 heterocycles. The second-order valence-electron chi connectivity index (χ2n) is 4.56. The maximum atomic E-state index is 11.8. The third-order valence-corrected chi connectivity index (χ3v) is 3.21. The molecule has 2 fully saturated rings. The minimum Gasteiger partial charge on any atom is -0.350 e. The SMILES string of the molecule is O=C1CC[C@H](C(=O)NC2CCCCNC2)N1. The summed E-state index contributed by atoms with van der Waals surface area (Å²) in [5, 5.41) is 8.99. The lowest BCUT2D eigenvalue weighted by atomic mass is 10.1. The van der Waals surface area contributed by atoms with Crippen molar-refractivity contribution in [2.24, 2.45) is 0 Å². The Morgan fingerprint density at radius 1 is 1.31 bits per heavy atom. The molecule has 0 saturated carbocycles. The lowest BCUT2D eigenvalue weighted by Gasteiger charge is -2.19. The van der Waals surface area contributed by atoms with Crippen LogP contribution in [0.15, 0.2) is 0 Å². The Morgan fingerprint density at radius 2 is 2.19 bits per heavy atom. The van der Waals surface area contributed by atoms with Crippen molar-refractivity contribution in [3.8, 4) is 0 Å². The summed E-state index contributed by atoms with van der Waals surface area (Å²) in [6.07, 6.45) is 4.45. The van der Waals surface area contributed by atoms with Crippen LogP contribution in [0.5, 0.6) is 0 Å². The Labute approximate surface area is 95.3 Å². The molecule has 0 aromatic heterocycles. The van der Waals surface area contributed by atoms with E-state index in [4.69, 9.17) is 0 Å². The minimum absolute atomic E-state index is 0.0147. The average molecular weight is 225 g/mol. The molecule has 1 unspecified atom stereocenters. The van der Waals surface area contributed by atoms with Crippen molar-refractivity contribution in [2.45, 2.75) is 44.2 Å². The second kappa shape index (κ2) is 5.30. The van der Waals surface area contributed by atoms with Gasteiger partial charge in [0.1, 0.15) is 6.04 Å².